The Labute approximate surface area is 133 Å². The lowest BCUT2D eigenvalue weighted by atomic mass is 11.8. The Morgan fingerprint density at radius 2 is 0.800 bits per heavy atom. The lowest BCUT2D eigenvalue weighted by molar-refractivity contribution is 0.937. The van der Waals surface area contributed by atoms with Crippen molar-refractivity contribution in [2.24, 2.45) is 0 Å². The van der Waals surface area contributed by atoms with E-state index in [0.29, 0.717) is 0 Å². The van der Waals surface area contributed by atoms with E-state index in [1.165, 1.54) is 0 Å². The highest BCUT2D eigenvalue weighted by atomic mass is 31.2. The summed E-state index contributed by atoms with van der Waals surface area (Å²) in [6.07, 6.45) is 0. The molecule has 0 atom stereocenters. The van der Waals surface area contributed by atoms with Gasteiger partial charge < -0.3 is 0 Å². The molecule has 0 radical (unpaired) electrons. The van der Waals surface area contributed by atoms with Crippen LogP contribution in [0.4, 0.5) is 0 Å². The monoisotopic (exact) mass is 368 g/mol. The van der Waals surface area contributed by atoms with Crippen molar-refractivity contribution in [2.75, 3.05) is 0 Å². The van der Waals surface area contributed by atoms with Gasteiger partial charge in [-0.1, -0.05) is 78.6 Å². The maximum atomic E-state index is 4.09. The summed E-state index contributed by atoms with van der Waals surface area (Å²) in [6.45, 7) is 29.6. The third kappa shape index (κ3) is 8.58. The Morgan fingerprint density at radius 3 is 0.950 bits per heavy atom. The Kier molecular flexibility index (Phi) is 7.14. The number of rotatable bonds is 7. The van der Waals surface area contributed by atoms with Crippen LogP contribution in [0.2, 0.25) is 78.6 Å². The maximum Gasteiger partial charge on any atom is 0.180 e. The topological polar surface area (TPSA) is 27.3 Å². The van der Waals surface area contributed by atoms with Crippen LogP contribution in [0.1, 0.15) is 0 Å². The smallest absolute Gasteiger partial charge is 0.180 e. The quantitative estimate of drug-likeness (QED) is 0.501. The predicted octanol–water partition coefficient (Wildman–Crippen LogP) is 4.77. The minimum Gasteiger partial charge on any atom is -0.204 e. The van der Waals surface area contributed by atoms with Gasteiger partial charge in [0.1, 0.15) is 0 Å². The molecule has 8 heteroatoms. The minimum atomic E-state index is -1.32. The molecule has 0 aromatic carbocycles. The van der Waals surface area contributed by atoms with Crippen LogP contribution in [-0.2, 0) is 0 Å². The van der Waals surface area contributed by atoms with Gasteiger partial charge in [-0.15, -0.1) is 0 Å². The normalized spacial score (nSPS) is 15.3. The molecule has 0 bridgehead atoms. The van der Waals surface area contributed by atoms with Crippen molar-refractivity contribution >= 4 is 41.3 Å². The van der Waals surface area contributed by atoms with E-state index in [0.717, 1.165) is 0 Å². The molecule has 0 aromatic heterocycles. The van der Waals surface area contributed by atoms with Crippen LogP contribution < -0.4 is 9.51 Å². The average molecular weight is 369 g/mol. The minimum absolute atomic E-state index is 0.832. The molecule has 20 heavy (non-hydrogen) atoms. The second-order valence-electron chi connectivity index (χ2n) is 9.78. The molecular formula is C12H39N3PSi4+. The number of nitrogens with zero attached hydrogens (tertiary/aromatic N) is 1. The SMILES string of the molecule is C[Si](C)(C)N[PH+](N[Si](C)(C)C)N([Si](C)(C)C)[Si](C)(C)C. The third-order valence-corrected chi connectivity index (χ3v) is 23.0. The van der Waals surface area contributed by atoms with Crippen LogP contribution in [0.3, 0.4) is 0 Å². The van der Waals surface area contributed by atoms with E-state index >= 15 is 0 Å². The molecule has 0 rings (SSSR count). The van der Waals surface area contributed by atoms with Gasteiger partial charge in [-0.2, -0.15) is 9.51 Å². The van der Waals surface area contributed by atoms with E-state index in [-0.39, 0.29) is 0 Å². The molecule has 0 amide bonds. The highest BCUT2D eigenvalue weighted by Gasteiger charge is 2.48. The summed E-state index contributed by atoms with van der Waals surface area (Å²) < 4.78 is 11.1. The Bertz CT molecular complexity index is 283. The second-order valence-corrected chi connectivity index (χ2v) is 32.8. The van der Waals surface area contributed by atoms with Crippen LogP contribution >= 0.6 is 8.37 Å². The van der Waals surface area contributed by atoms with Gasteiger partial charge in [0.05, 0.1) is 0 Å². The first-order valence-corrected chi connectivity index (χ1v) is 23.0. The van der Waals surface area contributed by atoms with Crippen molar-refractivity contribution in [2.45, 2.75) is 78.6 Å². The molecule has 0 aliphatic carbocycles. The maximum absolute atomic E-state index is 4.09. The number of hydrogen-bond donors (Lipinski definition) is 2. The molecule has 0 saturated carbocycles. The van der Waals surface area contributed by atoms with Crippen LogP contribution in [0, 0.1) is 0 Å². The lowest BCUT2D eigenvalue weighted by Crippen LogP contribution is -2.62. The molecule has 0 unspecified atom stereocenters. The predicted molar refractivity (Wildman–Crippen MR) is 110 cm³/mol. The Balaban J connectivity index is 5.54. The second kappa shape index (κ2) is 6.74. The summed E-state index contributed by atoms with van der Waals surface area (Å²) in [4.78, 5) is 0. The van der Waals surface area contributed by atoms with Gasteiger partial charge in [0.25, 0.3) is 0 Å². The molecule has 2 N–H and O–H groups in total. The Hall–Kier alpha value is 1.18. The van der Waals surface area contributed by atoms with E-state index in [1.807, 2.05) is 0 Å². The van der Waals surface area contributed by atoms with E-state index < -0.39 is 41.3 Å². The van der Waals surface area contributed by atoms with Crippen molar-refractivity contribution < 1.29 is 0 Å². The first kappa shape index (κ1) is 21.2. The lowest BCUT2D eigenvalue weighted by Gasteiger charge is -2.45. The van der Waals surface area contributed by atoms with E-state index in [2.05, 4.69) is 92.1 Å². The molecule has 0 aliphatic heterocycles. The summed E-state index contributed by atoms with van der Waals surface area (Å²) in [5.74, 6) is 0. The van der Waals surface area contributed by atoms with E-state index in [1.54, 1.807) is 0 Å². The highest BCUT2D eigenvalue weighted by molar-refractivity contribution is 7.60. The fourth-order valence-corrected chi connectivity index (χ4v) is 25.3. The molecule has 0 saturated heterocycles. The van der Waals surface area contributed by atoms with Crippen molar-refractivity contribution in [1.29, 1.82) is 0 Å². The fourth-order valence-electron chi connectivity index (χ4n) is 2.53. The van der Waals surface area contributed by atoms with Gasteiger partial charge in [-0.25, -0.2) is 4.00 Å². The molecule has 0 aliphatic rings. The zero-order valence-corrected chi connectivity index (χ0v) is 20.9. The van der Waals surface area contributed by atoms with Crippen molar-refractivity contribution in [3.05, 3.63) is 0 Å². The van der Waals surface area contributed by atoms with Gasteiger partial charge in [-0.05, 0) is 0 Å². The molecule has 0 fully saturated rings. The Morgan fingerprint density at radius 1 is 0.550 bits per heavy atom. The van der Waals surface area contributed by atoms with Crippen LogP contribution in [0.15, 0.2) is 0 Å². The van der Waals surface area contributed by atoms with Crippen molar-refractivity contribution in [3.8, 4) is 0 Å². The van der Waals surface area contributed by atoms with Crippen molar-refractivity contribution in [3.63, 3.8) is 0 Å². The number of nitrogens with one attached hydrogen (secondary N) is 2. The third-order valence-electron chi connectivity index (χ3n) is 2.55. The zero-order chi connectivity index (χ0) is 16.6. The fraction of sp³-hybridized carbons (Fsp3) is 1.00. The van der Waals surface area contributed by atoms with Crippen LogP contribution in [0.25, 0.3) is 0 Å². The van der Waals surface area contributed by atoms with Gasteiger partial charge in [0.15, 0.2) is 41.3 Å². The zero-order valence-electron chi connectivity index (χ0n) is 15.9. The average Bonchev–Trinajstić information content (AvgIpc) is 1.87. The number of hydrogen-bond acceptors (Lipinski definition) is 3. The standard InChI is InChI=1S/C12H38N3PSi4/c1-17(2,3)13-16(14-18(4,5)6)15(19(7,8)9)20(10,11)12/h13-14H,1-12H3/p+1. The first-order chi connectivity index (χ1) is 8.43. The van der Waals surface area contributed by atoms with Gasteiger partial charge >= 0.3 is 0 Å². The highest BCUT2D eigenvalue weighted by Crippen LogP contribution is 2.43. The summed E-state index contributed by atoms with van der Waals surface area (Å²) >= 11 is 0. The summed E-state index contributed by atoms with van der Waals surface area (Å²) in [5.41, 5.74) is 0. The summed E-state index contributed by atoms with van der Waals surface area (Å²) in [6, 6.07) is 0. The molecular weight excluding hydrogens is 329 g/mol. The van der Waals surface area contributed by atoms with Gasteiger partial charge in [-0.3, -0.25) is 0 Å². The van der Waals surface area contributed by atoms with Gasteiger partial charge in [0.2, 0.25) is 0 Å². The summed E-state index contributed by atoms with van der Waals surface area (Å²) in [5, 5.41) is 0. The van der Waals surface area contributed by atoms with E-state index in [4.69, 9.17) is 0 Å². The van der Waals surface area contributed by atoms with E-state index in [9.17, 15) is 0 Å². The molecule has 3 nitrogen and oxygen atoms in total. The van der Waals surface area contributed by atoms with Crippen LogP contribution in [0.5, 0.6) is 0 Å². The van der Waals surface area contributed by atoms with Gasteiger partial charge in [0, 0.05) is 0 Å². The molecule has 0 heterocycles. The van der Waals surface area contributed by atoms with Crippen molar-refractivity contribution in [1.82, 2.24) is 13.5 Å². The molecule has 0 spiro atoms. The first-order valence-electron chi connectivity index (χ1n) is 7.67. The molecule has 0 aromatic rings. The summed E-state index contributed by atoms with van der Waals surface area (Å²) in [7, 11) is -6.05. The molecule has 122 valence electrons. The van der Waals surface area contributed by atoms with Crippen LogP contribution in [-0.4, -0.2) is 36.9 Å². The largest absolute Gasteiger partial charge is 0.204 e.